The lowest BCUT2D eigenvalue weighted by molar-refractivity contribution is -0.141. The predicted octanol–water partition coefficient (Wildman–Crippen LogP) is 1.12. The van der Waals surface area contributed by atoms with Crippen molar-refractivity contribution < 1.29 is 19.4 Å². The van der Waals surface area contributed by atoms with Crippen molar-refractivity contribution in [2.45, 2.75) is 19.4 Å². The van der Waals surface area contributed by atoms with E-state index in [1.807, 2.05) is 24.3 Å². The molecule has 0 saturated carbocycles. The van der Waals surface area contributed by atoms with E-state index in [4.69, 9.17) is 21.3 Å². The minimum absolute atomic E-state index is 0. The van der Waals surface area contributed by atoms with Gasteiger partial charge in [0.25, 0.3) is 0 Å². The molecule has 150 valence electrons. The smallest absolute Gasteiger partial charge is 0.308 e. The highest BCUT2D eigenvalue weighted by molar-refractivity contribution is 5.86. The average molecular weight is 408 g/mol. The van der Waals surface area contributed by atoms with Gasteiger partial charge in [0, 0.05) is 25.7 Å². The van der Waals surface area contributed by atoms with Crippen LogP contribution in [0.5, 0.6) is 5.75 Å². The van der Waals surface area contributed by atoms with E-state index in [2.05, 4.69) is 9.97 Å². The molecule has 10 heteroatoms. The second kappa shape index (κ2) is 9.23. The number of hydrogen-bond donors (Lipinski definition) is 3. The van der Waals surface area contributed by atoms with E-state index in [0.29, 0.717) is 24.3 Å². The highest BCUT2D eigenvalue weighted by Crippen LogP contribution is 2.23. The molecular weight excluding hydrogens is 386 g/mol. The highest BCUT2D eigenvalue weighted by Gasteiger charge is 2.33. The molecule has 3 rings (SSSR count). The van der Waals surface area contributed by atoms with E-state index in [1.54, 1.807) is 4.90 Å². The summed E-state index contributed by atoms with van der Waals surface area (Å²) in [6.07, 6.45) is 2.14. The van der Waals surface area contributed by atoms with Crippen molar-refractivity contribution in [1.29, 1.82) is 0 Å². The molecule has 2 aromatic rings. The Morgan fingerprint density at radius 2 is 2.04 bits per heavy atom. The van der Waals surface area contributed by atoms with Crippen molar-refractivity contribution in [3.8, 4) is 5.75 Å². The number of carbonyl (C=O) groups excluding carboxylic acids is 1. The standard InChI is InChI=1S/C18H21N5O4.ClH/c19-16-13(8-21-18(20)22-16)10-27-14-4-2-1-3-11(14)5-6-23-9-12(17(25)26)7-15(23)24;/h1-4,8,12H,5-7,9-10H2,(H,25,26)(H4,19,20,21,22);1H. The maximum Gasteiger partial charge on any atom is 0.308 e. The summed E-state index contributed by atoms with van der Waals surface area (Å²) < 4.78 is 5.85. The lowest BCUT2D eigenvalue weighted by atomic mass is 10.1. The molecule has 1 unspecified atom stereocenters. The third-order valence-corrected chi connectivity index (χ3v) is 4.49. The maximum absolute atomic E-state index is 12.0. The average Bonchev–Trinajstić information content (AvgIpc) is 3.01. The number of carbonyl (C=O) groups is 2. The molecule has 1 amide bonds. The van der Waals surface area contributed by atoms with E-state index >= 15 is 0 Å². The van der Waals surface area contributed by atoms with Gasteiger partial charge in [0.2, 0.25) is 11.9 Å². The molecule has 28 heavy (non-hydrogen) atoms. The third kappa shape index (κ3) is 5.01. The highest BCUT2D eigenvalue weighted by atomic mass is 35.5. The maximum atomic E-state index is 12.0. The largest absolute Gasteiger partial charge is 0.488 e. The van der Waals surface area contributed by atoms with E-state index in [9.17, 15) is 9.59 Å². The first-order chi connectivity index (χ1) is 12.9. The SMILES string of the molecule is Cl.Nc1ncc(COc2ccccc2CCN2CC(C(=O)O)CC2=O)c(N)n1. The molecule has 0 spiro atoms. The molecule has 1 saturated heterocycles. The molecule has 5 N–H and O–H groups in total. The summed E-state index contributed by atoms with van der Waals surface area (Å²) in [7, 11) is 0. The molecule has 1 fully saturated rings. The number of para-hydroxylation sites is 1. The summed E-state index contributed by atoms with van der Waals surface area (Å²) >= 11 is 0. The van der Waals surface area contributed by atoms with Crippen molar-refractivity contribution in [3.05, 3.63) is 41.6 Å². The molecule has 1 atom stereocenters. The lowest BCUT2D eigenvalue weighted by Gasteiger charge is -2.17. The Hall–Kier alpha value is -3.07. The van der Waals surface area contributed by atoms with Gasteiger partial charge in [-0.2, -0.15) is 4.98 Å². The number of likely N-dealkylation sites (tertiary alicyclic amines) is 1. The first-order valence-corrected chi connectivity index (χ1v) is 8.52. The molecule has 1 aliphatic heterocycles. The van der Waals surface area contributed by atoms with Gasteiger partial charge >= 0.3 is 5.97 Å². The van der Waals surface area contributed by atoms with Crippen molar-refractivity contribution >= 4 is 36.0 Å². The van der Waals surface area contributed by atoms with Crippen LogP contribution in [0.3, 0.4) is 0 Å². The summed E-state index contributed by atoms with van der Waals surface area (Å²) in [5.41, 5.74) is 12.8. The Bertz CT molecular complexity index is 864. The van der Waals surface area contributed by atoms with Gasteiger partial charge in [-0.1, -0.05) is 18.2 Å². The van der Waals surface area contributed by atoms with Crippen LogP contribution in [0.15, 0.2) is 30.5 Å². The lowest BCUT2D eigenvalue weighted by Crippen LogP contribution is -2.28. The summed E-state index contributed by atoms with van der Waals surface area (Å²) in [4.78, 5) is 32.4. The topological polar surface area (TPSA) is 145 Å². The second-order valence-corrected chi connectivity index (χ2v) is 6.36. The zero-order chi connectivity index (χ0) is 19.4. The van der Waals surface area contributed by atoms with Crippen LogP contribution in [0, 0.1) is 5.92 Å². The number of carboxylic acids is 1. The van der Waals surface area contributed by atoms with Crippen LogP contribution in [0.25, 0.3) is 0 Å². The van der Waals surface area contributed by atoms with Gasteiger partial charge < -0.3 is 26.2 Å². The summed E-state index contributed by atoms with van der Waals surface area (Å²) in [5.74, 6) is -0.660. The first-order valence-electron chi connectivity index (χ1n) is 8.52. The number of aliphatic carboxylic acids is 1. The van der Waals surface area contributed by atoms with Gasteiger partial charge in [0.15, 0.2) is 0 Å². The zero-order valence-electron chi connectivity index (χ0n) is 15.1. The molecule has 0 aliphatic carbocycles. The molecular formula is C18H22ClN5O4. The zero-order valence-corrected chi connectivity index (χ0v) is 15.9. The van der Waals surface area contributed by atoms with Crippen LogP contribution in [-0.2, 0) is 22.6 Å². The Balaban J connectivity index is 0.00000280. The molecule has 1 aromatic carbocycles. The third-order valence-electron chi connectivity index (χ3n) is 4.49. The second-order valence-electron chi connectivity index (χ2n) is 6.36. The number of carboxylic acid groups (broad SMARTS) is 1. The van der Waals surface area contributed by atoms with Crippen molar-refractivity contribution in [1.82, 2.24) is 14.9 Å². The summed E-state index contributed by atoms with van der Waals surface area (Å²) in [5, 5.41) is 9.07. The van der Waals surface area contributed by atoms with Gasteiger partial charge in [-0.3, -0.25) is 9.59 Å². The Morgan fingerprint density at radius 1 is 1.29 bits per heavy atom. The minimum Gasteiger partial charge on any atom is -0.488 e. The Kier molecular flexibility index (Phi) is 7.00. The number of anilines is 2. The van der Waals surface area contributed by atoms with E-state index in [0.717, 1.165) is 5.56 Å². The monoisotopic (exact) mass is 407 g/mol. The van der Waals surface area contributed by atoms with Crippen LogP contribution < -0.4 is 16.2 Å². The fourth-order valence-corrected chi connectivity index (χ4v) is 2.96. The van der Waals surface area contributed by atoms with Crippen molar-refractivity contribution in [2.75, 3.05) is 24.6 Å². The number of nitrogens with zero attached hydrogens (tertiary/aromatic N) is 3. The van der Waals surface area contributed by atoms with Gasteiger partial charge in [-0.05, 0) is 18.1 Å². The number of nitrogen functional groups attached to an aromatic ring is 2. The minimum atomic E-state index is -0.933. The number of benzene rings is 1. The van der Waals surface area contributed by atoms with Crippen molar-refractivity contribution in [3.63, 3.8) is 0 Å². The van der Waals surface area contributed by atoms with E-state index in [1.165, 1.54) is 6.20 Å². The van der Waals surface area contributed by atoms with Crippen molar-refractivity contribution in [2.24, 2.45) is 5.92 Å². The number of hydrogen-bond acceptors (Lipinski definition) is 7. The van der Waals surface area contributed by atoms with Crippen LogP contribution in [-0.4, -0.2) is 44.9 Å². The molecule has 2 heterocycles. The Morgan fingerprint density at radius 3 is 2.71 bits per heavy atom. The van der Waals surface area contributed by atoms with Crippen LogP contribution in [0.2, 0.25) is 0 Å². The first kappa shape index (κ1) is 21.2. The molecule has 0 bridgehead atoms. The summed E-state index contributed by atoms with van der Waals surface area (Å²) in [6.45, 7) is 0.874. The van der Waals surface area contributed by atoms with E-state index < -0.39 is 11.9 Å². The molecule has 1 aromatic heterocycles. The number of rotatable bonds is 7. The van der Waals surface area contributed by atoms with Crippen LogP contribution in [0.1, 0.15) is 17.5 Å². The van der Waals surface area contributed by atoms with Gasteiger partial charge in [0.1, 0.15) is 18.2 Å². The fraction of sp³-hybridized carbons (Fsp3) is 0.333. The van der Waals surface area contributed by atoms with Crippen LogP contribution >= 0.6 is 12.4 Å². The number of aromatic nitrogens is 2. The fourth-order valence-electron chi connectivity index (χ4n) is 2.96. The number of ether oxygens (including phenoxy) is 1. The molecule has 0 radical (unpaired) electrons. The van der Waals surface area contributed by atoms with Gasteiger partial charge in [-0.25, -0.2) is 4.98 Å². The normalized spacial score (nSPS) is 15.9. The quantitative estimate of drug-likeness (QED) is 0.619. The number of nitrogens with two attached hydrogens (primary N) is 2. The van der Waals surface area contributed by atoms with Gasteiger partial charge in [-0.15, -0.1) is 12.4 Å². The summed E-state index contributed by atoms with van der Waals surface area (Å²) in [6, 6.07) is 7.47. The number of halogens is 1. The molecule has 9 nitrogen and oxygen atoms in total. The number of amides is 1. The van der Waals surface area contributed by atoms with Crippen LogP contribution in [0.4, 0.5) is 11.8 Å². The van der Waals surface area contributed by atoms with E-state index in [-0.39, 0.29) is 49.7 Å². The van der Waals surface area contributed by atoms with Gasteiger partial charge in [0.05, 0.1) is 11.5 Å². The predicted molar refractivity (Wildman–Crippen MR) is 105 cm³/mol. The Labute approximate surface area is 168 Å². The molecule has 1 aliphatic rings.